The van der Waals surface area contributed by atoms with Gasteiger partial charge < -0.3 is 24.5 Å². The van der Waals surface area contributed by atoms with Crippen LogP contribution in [-0.4, -0.2) is 40.8 Å². The number of anilines is 1. The fourth-order valence-corrected chi connectivity index (χ4v) is 2.33. The van der Waals surface area contributed by atoms with Crippen molar-refractivity contribution in [1.29, 1.82) is 0 Å². The van der Waals surface area contributed by atoms with E-state index in [4.69, 9.17) is 19.6 Å². The number of pyridine rings is 1. The third-order valence-electron chi connectivity index (χ3n) is 3.49. The van der Waals surface area contributed by atoms with Crippen molar-refractivity contribution >= 4 is 11.9 Å². The minimum absolute atomic E-state index is 0.141. The number of likely N-dealkylation sites (tertiary alicyclic amines) is 1. The van der Waals surface area contributed by atoms with Gasteiger partial charge in [0.05, 0.1) is 25.6 Å². The summed E-state index contributed by atoms with van der Waals surface area (Å²) in [7, 11) is 0. The second-order valence-corrected chi connectivity index (χ2v) is 6.73. The van der Waals surface area contributed by atoms with Gasteiger partial charge in [-0.2, -0.15) is 4.98 Å². The molecule has 2 aromatic rings. The quantitative estimate of drug-likeness (QED) is 0.930. The van der Waals surface area contributed by atoms with E-state index in [0.29, 0.717) is 24.8 Å². The summed E-state index contributed by atoms with van der Waals surface area (Å²) in [5, 5.41) is 0. The lowest BCUT2D eigenvalue weighted by Crippen LogP contribution is -2.57. The van der Waals surface area contributed by atoms with Crippen LogP contribution in [0.15, 0.2) is 35.1 Å². The van der Waals surface area contributed by atoms with Gasteiger partial charge in [0.1, 0.15) is 17.5 Å². The number of furan rings is 1. The van der Waals surface area contributed by atoms with Crippen LogP contribution in [0.4, 0.5) is 10.6 Å². The lowest BCUT2D eigenvalue weighted by atomic mass is 10.1. The lowest BCUT2D eigenvalue weighted by Gasteiger charge is -2.39. The summed E-state index contributed by atoms with van der Waals surface area (Å²) < 4.78 is 16.4. The lowest BCUT2D eigenvalue weighted by molar-refractivity contribution is -0.0230. The van der Waals surface area contributed by atoms with E-state index in [1.165, 1.54) is 0 Å². The molecule has 0 radical (unpaired) electrons. The van der Waals surface area contributed by atoms with Crippen molar-refractivity contribution in [2.24, 2.45) is 0 Å². The molecule has 0 aliphatic carbocycles. The summed E-state index contributed by atoms with van der Waals surface area (Å²) in [5.74, 6) is 0.811. The fraction of sp³-hybridized carbons (Fsp3) is 0.412. The number of ether oxygens (including phenoxy) is 2. The minimum atomic E-state index is -0.507. The molecule has 1 fully saturated rings. The Balaban J connectivity index is 1.64. The first-order chi connectivity index (χ1) is 11.3. The molecule has 3 heterocycles. The van der Waals surface area contributed by atoms with Gasteiger partial charge in [-0.25, -0.2) is 4.79 Å². The van der Waals surface area contributed by atoms with E-state index >= 15 is 0 Å². The molecule has 0 atom stereocenters. The van der Waals surface area contributed by atoms with Crippen molar-refractivity contribution in [3.8, 4) is 17.0 Å². The molecule has 0 spiro atoms. The predicted octanol–water partition coefficient (Wildman–Crippen LogP) is 2.92. The Labute approximate surface area is 140 Å². The van der Waals surface area contributed by atoms with Crippen LogP contribution in [0.2, 0.25) is 0 Å². The van der Waals surface area contributed by atoms with Crippen LogP contribution in [0.1, 0.15) is 20.8 Å². The van der Waals surface area contributed by atoms with Crippen molar-refractivity contribution < 1.29 is 18.7 Å². The predicted molar refractivity (Wildman–Crippen MR) is 88.6 cm³/mol. The Bertz CT molecular complexity index is 716. The zero-order valence-electron chi connectivity index (χ0n) is 14.0. The molecule has 2 aromatic heterocycles. The summed E-state index contributed by atoms with van der Waals surface area (Å²) >= 11 is 0. The first kappa shape index (κ1) is 16.2. The van der Waals surface area contributed by atoms with Crippen molar-refractivity contribution in [3.05, 3.63) is 30.7 Å². The summed E-state index contributed by atoms with van der Waals surface area (Å²) in [5.41, 5.74) is 6.92. The normalized spacial score (nSPS) is 15.0. The maximum Gasteiger partial charge on any atom is 0.410 e. The second-order valence-electron chi connectivity index (χ2n) is 6.73. The van der Waals surface area contributed by atoms with E-state index in [2.05, 4.69) is 4.98 Å². The van der Waals surface area contributed by atoms with E-state index in [-0.39, 0.29) is 12.2 Å². The Morgan fingerprint density at radius 1 is 1.33 bits per heavy atom. The van der Waals surface area contributed by atoms with Gasteiger partial charge in [-0.15, -0.1) is 0 Å². The number of nitrogens with zero attached hydrogens (tertiary/aromatic N) is 2. The average molecular weight is 331 g/mol. The molecular formula is C17H21N3O4. The van der Waals surface area contributed by atoms with E-state index in [1.54, 1.807) is 23.5 Å². The molecule has 1 saturated heterocycles. The Morgan fingerprint density at radius 3 is 2.71 bits per heavy atom. The maximum atomic E-state index is 11.9. The molecule has 0 unspecified atom stereocenters. The molecule has 7 nitrogen and oxygen atoms in total. The average Bonchev–Trinajstić information content (AvgIpc) is 2.94. The van der Waals surface area contributed by atoms with Gasteiger partial charge in [-0.3, -0.25) is 0 Å². The van der Waals surface area contributed by atoms with Gasteiger partial charge in [0.2, 0.25) is 5.88 Å². The highest BCUT2D eigenvalue weighted by Gasteiger charge is 2.35. The van der Waals surface area contributed by atoms with Gasteiger partial charge in [-0.05, 0) is 39.0 Å². The minimum Gasteiger partial charge on any atom is -0.472 e. The first-order valence-electron chi connectivity index (χ1n) is 7.75. The molecule has 2 N–H and O–H groups in total. The standard InChI is InChI=1S/C17H21N3O4/c1-17(2,3)24-16(21)20-8-12(9-20)23-15-13(4-5-14(18)19-15)11-6-7-22-10-11/h4-7,10,12H,8-9H2,1-3H3,(H2,18,19). The molecular weight excluding hydrogens is 310 g/mol. The van der Waals surface area contributed by atoms with Crippen molar-refractivity contribution in [2.75, 3.05) is 18.8 Å². The highest BCUT2D eigenvalue weighted by atomic mass is 16.6. The monoisotopic (exact) mass is 331 g/mol. The topological polar surface area (TPSA) is 90.8 Å². The van der Waals surface area contributed by atoms with Crippen LogP contribution >= 0.6 is 0 Å². The van der Waals surface area contributed by atoms with Crippen LogP contribution in [0, 0.1) is 0 Å². The van der Waals surface area contributed by atoms with Gasteiger partial charge >= 0.3 is 6.09 Å². The maximum absolute atomic E-state index is 11.9. The number of nitrogen functional groups attached to an aromatic ring is 1. The van der Waals surface area contributed by atoms with Crippen LogP contribution in [-0.2, 0) is 4.74 Å². The van der Waals surface area contributed by atoms with E-state index in [0.717, 1.165) is 11.1 Å². The van der Waals surface area contributed by atoms with E-state index < -0.39 is 5.60 Å². The summed E-state index contributed by atoms with van der Waals surface area (Å²) in [6, 6.07) is 5.38. The molecule has 1 amide bonds. The van der Waals surface area contributed by atoms with E-state index in [1.807, 2.05) is 32.9 Å². The van der Waals surface area contributed by atoms with Crippen molar-refractivity contribution in [3.63, 3.8) is 0 Å². The summed E-state index contributed by atoms with van der Waals surface area (Å²) in [4.78, 5) is 17.8. The number of hydrogen-bond acceptors (Lipinski definition) is 6. The van der Waals surface area contributed by atoms with Crippen molar-refractivity contribution in [2.45, 2.75) is 32.5 Å². The molecule has 128 valence electrons. The molecule has 0 bridgehead atoms. The molecule has 24 heavy (non-hydrogen) atoms. The SMILES string of the molecule is CC(C)(C)OC(=O)N1CC(Oc2nc(N)ccc2-c2ccoc2)C1. The zero-order chi connectivity index (χ0) is 17.3. The molecule has 1 aliphatic heterocycles. The molecule has 1 aliphatic rings. The third kappa shape index (κ3) is 3.61. The first-order valence-corrected chi connectivity index (χ1v) is 7.75. The molecule has 0 aromatic carbocycles. The number of aromatic nitrogens is 1. The van der Waals surface area contributed by atoms with Crippen LogP contribution in [0.5, 0.6) is 5.88 Å². The van der Waals surface area contributed by atoms with Crippen LogP contribution < -0.4 is 10.5 Å². The van der Waals surface area contributed by atoms with Crippen LogP contribution in [0.3, 0.4) is 0 Å². The largest absolute Gasteiger partial charge is 0.472 e. The Kier molecular flexibility index (Phi) is 4.09. The zero-order valence-corrected chi connectivity index (χ0v) is 14.0. The molecule has 0 saturated carbocycles. The highest BCUT2D eigenvalue weighted by molar-refractivity contribution is 5.70. The van der Waals surface area contributed by atoms with Gasteiger partial charge in [0.25, 0.3) is 0 Å². The van der Waals surface area contributed by atoms with Crippen LogP contribution in [0.25, 0.3) is 11.1 Å². The third-order valence-corrected chi connectivity index (χ3v) is 3.49. The number of carbonyl (C=O) groups is 1. The van der Waals surface area contributed by atoms with Gasteiger partial charge in [0.15, 0.2) is 0 Å². The number of nitrogens with two attached hydrogens (primary N) is 1. The second kappa shape index (κ2) is 6.07. The smallest absolute Gasteiger partial charge is 0.410 e. The van der Waals surface area contributed by atoms with Gasteiger partial charge in [-0.1, -0.05) is 0 Å². The Hall–Kier alpha value is -2.70. The number of amides is 1. The molecule has 3 rings (SSSR count). The van der Waals surface area contributed by atoms with Crippen molar-refractivity contribution in [1.82, 2.24) is 9.88 Å². The molecule has 7 heteroatoms. The number of carbonyl (C=O) groups excluding carboxylic acids is 1. The summed E-state index contributed by atoms with van der Waals surface area (Å²) in [6.45, 7) is 6.43. The summed E-state index contributed by atoms with van der Waals surface area (Å²) in [6.07, 6.45) is 2.73. The Morgan fingerprint density at radius 2 is 2.08 bits per heavy atom. The number of hydrogen-bond donors (Lipinski definition) is 1. The highest BCUT2D eigenvalue weighted by Crippen LogP contribution is 2.31. The van der Waals surface area contributed by atoms with E-state index in [9.17, 15) is 4.79 Å². The van der Waals surface area contributed by atoms with Gasteiger partial charge in [0, 0.05) is 11.1 Å². The number of rotatable bonds is 3. The fourth-order valence-electron chi connectivity index (χ4n) is 2.33.